The molecule has 9 nitrogen and oxygen atoms in total. The average molecular weight is 601 g/mol. The zero-order valence-electron chi connectivity index (χ0n) is 24.0. The lowest BCUT2D eigenvalue weighted by atomic mass is 10.0. The largest absolute Gasteiger partial charge is 0.348 e. The van der Waals surface area contributed by atoms with E-state index in [1.807, 2.05) is 18.2 Å². The molecular weight excluding hydrogens is 571 g/mol. The Balaban J connectivity index is 1.20. The number of fused-ring (bicyclic) bond motifs is 2. The van der Waals surface area contributed by atoms with Crippen molar-refractivity contribution < 1.29 is 18.8 Å². The molecule has 1 saturated heterocycles. The summed E-state index contributed by atoms with van der Waals surface area (Å²) < 4.78 is 16.5. The first-order chi connectivity index (χ1) is 20.6. The highest BCUT2D eigenvalue weighted by molar-refractivity contribution is 6.32. The Kier molecular flexibility index (Phi) is 7.56. The molecule has 2 aromatic carbocycles. The van der Waals surface area contributed by atoms with Crippen LogP contribution in [0.4, 0.5) is 4.39 Å². The van der Waals surface area contributed by atoms with Crippen molar-refractivity contribution in [3.63, 3.8) is 0 Å². The SMILES string of the molecule is CC(=O)c1nn(CC(=O)N2[C@@H]3CC3C[C@H]2C(=O)NC/C(F)=C(\C)c2ccccc2Cl)c2ccc(-c3cnc(C)nc3)cc12. The Hall–Kier alpha value is -4.44. The number of aryl methyl sites for hydroxylation is 1. The number of allylic oxidation sites excluding steroid dienone is 1. The third kappa shape index (κ3) is 5.54. The summed E-state index contributed by atoms with van der Waals surface area (Å²) in [5.41, 5.74) is 3.41. The third-order valence-corrected chi connectivity index (χ3v) is 8.61. The highest BCUT2D eigenvalue weighted by Gasteiger charge is 2.56. The molecule has 3 atom stereocenters. The Morgan fingerprint density at radius 2 is 1.79 bits per heavy atom. The first kappa shape index (κ1) is 28.7. The number of carbonyl (C=O) groups excluding carboxylic acids is 3. The van der Waals surface area contributed by atoms with E-state index in [0.717, 1.165) is 17.5 Å². The standard InChI is InChI=1S/C32H30ClFN6O3/c1-17(23-6-4-5-7-25(23)33)26(34)15-37-32(43)29-12-21-11-28(21)40(29)30(42)16-39-27-9-8-20(22-13-35-19(3)36-14-22)10-24(27)31(38-39)18(2)41/h4-10,13-14,21,28-29H,11-12,15-16H2,1-3H3,(H,37,43)/b26-17-/t21?,28-,29+/m1/s1. The molecule has 1 aliphatic carbocycles. The molecule has 2 fully saturated rings. The number of hydrogen-bond donors (Lipinski definition) is 1. The Morgan fingerprint density at radius 3 is 2.51 bits per heavy atom. The van der Waals surface area contributed by atoms with Gasteiger partial charge in [-0.1, -0.05) is 35.9 Å². The molecule has 2 amide bonds. The van der Waals surface area contributed by atoms with Crippen LogP contribution in [0.5, 0.6) is 0 Å². The van der Waals surface area contributed by atoms with Gasteiger partial charge in [-0.05, 0) is 67.5 Å². The second-order valence-electron chi connectivity index (χ2n) is 11.2. The second kappa shape index (κ2) is 11.3. The fourth-order valence-electron chi connectivity index (χ4n) is 5.87. The van der Waals surface area contributed by atoms with Gasteiger partial charge in [0.2, 0.25) is 11.8 Å². The number of likely N-dealkylation sites (tertiary alicyclic amines) is 1. The summed E-state index contributed by atoms with van der Waals surface area (Å²) >= 11 is 6.20. The van der Waals surface area contributed by atoms with Crippen molar-refractivity contribution in [3.8, 4) is 11.1 Å². The average Bonchev–Trinajstić information content (AvgIpc) is 3.50. The van der Waals surface area contributed by atoms with Crippen LogP contribution < -0.4 is 5.32 Å². The van der Waals surface area contributed by atoms with Crippen LogP contribution in [0.2, 0.25) is 5.02 Å². The first-order valence-electron chi connectivity index (χ1n) is 14.1. The van der Waals surface area contributed by atoms with E-state index in [0.29, 0.717) is 39.3 Å². The van der Waals surface area contributed by atoms with Crippen molar-refractivity contribution in [2.24, 2.45) is 5.92 Å². The Bertz CT molecular complexity index is 1800. The zero-order chi connectivity index (χ0) is 30.4. The van der Waals surface area contributed by atoms with Gasteiger partial charge in [0.1, 0.15) is 29.9 Å². The molecule has 1 aliphatic heterocycles. The van der Waals surface area contributed by atoms with Crippen molar-refractivity contribution in [3.05, 3.63) is 82.8 Å². The fraction of sp³-hybridized carbons (Fsp3) is 0.312. The summed E-state index contributed by atoms with van der Waals surface area (Å²) in [5, 5.41) is 8.21. The molecule has 220 valence electrons. The van der Waals surface area contributed by atoms with Crippen molar-refractivity contribution >= 4 is 45.7 Å². The Labute approximate surface area is 252 Å². The number of rotatable bonds is 8. The lowest BCUT2D eigenvalue weighted by molar-refractivity contribution is -0.140. The van der Waals surface area contributed by atoms with Gasteiger partial charge in [-0.3, -0.25) is 19.1 Å². The van der Waals surface area contributed by atoms with Gasteiger partial charge in [-0.25, -0.2) is 14.4 Å². The molecule has 11 heteroatoms. The van der Waals surface area contributed by atoms with E-state index >= 15 is 0 Å². The molecule has 0 spiro atoms. The van der Waals surface area contributed by atoms with Crippen molar-refractivity contribution in [2.45, 2.75) is 52.2 Å². The predicted molar refractivity (Wildman–Crippen MR) is 161 cm³/mol. The van der Waals surface area contributed by atoms with Crippen LogP contribution in [0.25, 0.3) is 27.6 Å². The quantitative estimate of drug-likeness (QED) is 0.280. The minimum atomic E-state index is -0.702. The maximum Gasteiger partial charge on any atom is 0.245 e. The van der Waals surface area contributed by atoms with Crippen molar-refractivity contribution in [1.29, 1.82) is 0 Å². The van der Waals surface area contributed by atoms with Crippen LogP contribution in [0.1, 0.15) is 48.6 Å². The number of ketones is 1. The number of benzene rings is 2. The molecule has 1 N–H and O–H groups in total. The molecule has 43 heavy (non-hydrogen) atoms. The van der Waals surface area contributed by atoms with Crippen molar-refractivity contribution in [2.75, 3.05) is 6.54 Å². The van der Waals surface area contributed by atoms with Gasteiger partial charge in [-0.2, -0.15) is 5.10 Å². The summed E-state index contributed by atoms with van der Waals surface area (Å²) in [4.78, 5) is 49.5. The van der Waals surface area contributed by atoms with Crippen LogP contribution in [-0.4, -0.2) is 60.9 Å². The van der Waals surface area contributed by atoms with Gasteiger partial charge in [-0.15, -0.1) is 0 Å². The summed E-state index contributed by atoms with van der Waals surface area (Å²) in [6.07, 6.45) is 4.79. The summed E-state index contributed by atoms with van der Waals surface area (Å²) in [6, 6.07) is 11.7. The lowest BCUT2D eigenvalue weighted by Gasteiger charge is -2.27. The zero-order valence-corrected chi connectivity index (χ0v) is 24.7. The van der Waals surface area contributed by atoms with E-state index in [2.05, 4.69) is 20.4 Å². The van der Waals surface area contributed by atoms with Gasteiger partial charge in [0, 0.05) is 41.3 Å². The van der Waals surface area contributed by atoms with Crippen LogP contribution in [0.3, 0.4) is 0 Å². The van der Waals surface area contributed by atoms with Crippen LogP contribution in [-0.2, 0) is 16.1 Å². The first-order valence-corrected chi connectivity index (χ1v) is 14.5. The number of hydrogen-bond acceptors (Lipinski definition) is 6. The van der Waals surface area contributed by atoms with E-state index < -0.39 is 17.8 Å². The summed E-state index contributed by atoms with van der Waals surface area (Å²) in [6.45, 7) is 4.42. The number of Topliss-reactive ketones (excluding diaryl/α,β-unsaturated/α-hetero) is 1. The van der Waals surface area contributed by atoms with E-state index in [1.54, 1.807) is 55.4 Å². The fourth-order valence-corrected chi connectivity index (χ4v) is 6.14. The molecule has 1 unspecified atom stereocenters. The van der Waals surface area contributed by atoms with Gasteiger partial charge in [0.25, 0.3) is 0 Å². The number of piperidine rings is 1. The molecule has 1 saturated carbocycles. The Morgan fingerprint density at radius 1 is 1.05 bits per heavy atom. The maximum absolute atomic E-state index is 15.0. The number of amides is 2. The van der Waals surface area contributed by atoms with Gasteiger partial charge < -0.3 is 10.2 Å². The van der Waals surface area contributed by atoms with Gasteiger partial charge in [0.15, 0.2) is 5.78 Å². The highest BCUT2D eigenvalue weighted by Crippen LogP contribution is 2.48. The van der Waals surface area contributed by atoms with E-state index in [9.17, 15) is 18.8 Å². The third-order valence-electron chi connectivity index (χ3n) is 8.28. The van der Waals surface area contributed by atoms with E-state index in [1.165, 1.54) is 11.6 Å². The van der Waals surface area contributed by atoms with Gasteiger partial charge >= 0.3 is 0 Å². The molecule has 2 aliphatic rings. The molecule has 0 bridgehead atoms. The molecular formula is C32H30ClFN6O3. The molecule has 2 aromatic heterocycles. The minimum absolute atomic E-state index is 0.0317. The lowest BCUT2D eigenvalue weighted by Crippen LogP contribution is -2.49. The van der Waals surface area contributed by atoms with Crippen LogP contribution in [0, 0.1) is 12.8 Å². The van der Waals surface area contributed by atoms with Gasteiger partial charge in [0.05, 0.1) is 12.1 Å². The van der Waals surface area contributed by atoms with Crippen LogP contribution in [0.15, 0.2) is 60.7 Å². The highest BCUT2D eigenvalue weighted by atomic mass is 35.5. The number of halogens is 2. The monoisotopic (exact) mass is 600 g/mol. The normalized spacial score (nSPS) is 19.7. The number of carbonyl (C=O) groups is 3. The molecule has 0 radical (unpaired) electrons. The summed E-state index contributed by atoms with van der Waals surface area (Å²) in [5.74, 6) is -0.506. The molecule has 6 rings (SSSR count). The van der Waals surface area contributed by atoms with E-state index in [-0.39, 0.29) is 42.4 Å². The summed E-state index contributed by atoms with van der Waals surface area (Å²) in [7, 11) is 0. The van der Waals surface area contributed by atoms with Crippen LogP contribution >= 0.6 is 11.6 Å². The topological polar surface area (TPSA) is 110 Å². The predicted octanol–water partition coefficient (Wildman–Crippen LogP) is 5.16. The van der Waals surface area contributed by atoms with E-state index in [4.69, 9.17) is 11.6 Å². The molecule has 3 heterocycles. The van der Waals surface area contributed by atoms with Crippen molar-refractivity contribution in [1.82, 2.24) is 30.0 Å². The maximum atomic E-state index is 15.0. The number of nitrogens with one attached hydrogen (secondary N) is 1. The number of nitrogens with zero attached hydrogens (tertiary/aromatic N) is 5. The minimum Gasteiger partial charge on any atom is -0.348 e. The second-order valence-corrected chi connectivity index (χ2v) is 11.6. The smallest absolute Gasteiger partial charge is 0.245 e. The number of aromatic nitrogens is 4. The molecule has 4 aromatic rings.